The molecule has 0 amide bonds. The molecule has 1 N–H and O–H groups in total. The van der Waals surface area contributed by atoms with Crippen molar-refractivity contribution in [3.05, 3.63) is 35.4 Å². The van der Waals surface area contributed by atoms with Gasteiger partial charge in [0.05, 0.1) is 6.10 Å². The Labute approximate surface area is 129 Å². The summed E-state index contributed by atoms with van der Waals surface area (Å²) in [5, 5.41) is 3.51. The Kier molecular flexibility index (Phi) is 7.20. The van der Waals surface area contributed by atoms with Gasteiger partial charge in [0.25, 0.3) is 0 Å². The Bertz CT molecular complexity index is 402. The quantitative estimate of drug-likeness (QED) is 0.744. The van der Waals surface area contributed by atoms with Crippen LogP contribution in [0.15, 0.2) is 24.3 Å². The van der Waals surface area contributed by atoms with Crippen molar-refractivity contribution in [2.24, 2.45) is 5.92 Å². The first kappa shape index (κ1) is 16.5. The summed E-state index contributed by atoms with van der Waals surface area (Å²) in [5.74, 6) is 0.577. The molecule has 0 saturated carbocycles. The lowest BCUT2D eigenvalue weighted by molar-refractivity contribution is -0.00722. The Morgan fingerprint density at radius 1 is 1.33 bits per heavy atom. The number of hydrogen-bond acceptors (Lipinski definition) is 3. The van der Waals surface area contributed by atoms with Crippen LogP contribution in [0, 0.1) is 12.8 Å². The molecule has 0 spiro atoms. The van der Waals surface area contributed by atoms with Crippen LogP contribution in [0.1, 0.15) is 43.4 Å². The van der Waals surface area contributed by atoms with Crippen molar-refractivity contribution in [3.63, 3.8) is 0 Å². The van der Waals surface area contributed by atoms with Gasteiger partial charge in [-0.15, -0.1) is 0 Å². The van der Waals surface area contributed by atoms with Gasteiger partial charge in [0.2, 0.25) is 0 Å². The third-order valence-electron chi connectivity index (χ3n) is 4.07. The predicted molar refractivity (Wildman–Crippen MR) is 86.6 cm³/mol. The SMILES string of the molecule is CCOCCCO[C@@H](c1cccc(C)c1)[C@@H]1CCCNC1. The van der Waals surface area contributed by atoms with Gasteiger partial charge in [-0.3, -0.25) is 0 Å². The summed E-state index contributed by atoms with van der Waals surface area (Å²) < 4.78 is 11.6. The lowest BCUT2D eigenvalue weighted by Crippen LogP contribution is -2.34. The molecule has 1 heterocycles. The lowest BCUT2D eigenvalue weighted by atomic mass is 9.89. The highest BCUT2D eigenvalue weighted by atomic mass is 16.5. The number of nitrogens with one attached hydrogen (secondary N) is 1. The van der Waals surface area contributed by atoms with E-state index in [-0.39, 0.29) is 6.10 Å². The van der Waals surface area contributed by atoms with Gasteiger partial charge < -0.3 is 14.8 Å². The zero-order valence-corrected chi connectivity index (χ0v) is 13.4. The fourth-order valence-corrected chi connectivity index (χ4v) is 3.00. The van der Waals surface area contributed by atoms with Crippen LogP contribution in [-0.4, -0.2) is 32.9 Å². The minimum Gasteiger partial charge on any atom is -0.382 e. The number of hydrogen-bond donors (Lipinski definition) is 1. The van der Waals surface area contributed by atoms with Crippen LogP contribution in [0.25, 0.3) is 0 Å². The third kappa shape index (κ3) is 5.42. The lowest BCUT2D eigenvalue weighted by Gasteiger charge is -2.31. The zero-order chi connectivity index (χ0) is 14.9. The maximum atomic E-state index is 6.25. The van der Waals surface area contributed by atoms with E-state index in [9.17, 15) is 0 Å². The average molecular weight is 291 g/mol. The van der Waals surface area contributed by atoms with Gasteiger partial charge in [0.15, 0.2) is 0 Å². The van der Waals surface area contributed by atoms with Crippen molar-refractivity contribution in [2.75, 3.05) is 32.9 Å². The summed E-state index contributed by atoms with van der Waals surface area (Å²) in [6.07, 6.45) is 3.67. The van der Waals surface area contributed by atoms with Gasteiger partial charge in [-0.05, 0) is 45.2 Å². The predicted octanol–water partition coefficient (Wildman–Crippen LogP) is 3.48. The maximum Gasteiger partial charge on any atom is 0.0865 e. The number of aryl methyl sites for hydroxylation is 1. The summed E-state index contributed by atoms with van der Waals surface area (Å²) in [4.78, 5) is 0. The molecule has 2 rings (SSSR count). The van der Waals surface area contributed by atoms with E-state index in [1.165, 1.54) is 24.0 Å². The molecular formula is C18H29NO2. The molecule has 0 aromatic heterocycles. The van der Waals surface area contributed by atoms with Crippen LogP contribution in [0.5, 0.6) is 0 Å². The molecule has 3 nitrogen and oxygen atoms in total. The van der Waals surface area contributed by atoms with Crippen molar-refractivity contribution in [1.29, 1.82) is 0 Å². The second-order valence-electron chi connectivity index (χ2n) is 5.86. The normalized spacial score (nSPS) is 20.4. The topological polar surface area (TPSA) is 30.5 Å². The van der Waals surface area contributed by atoms with Crippen molar-refractivity contribution in [2.45, 2.75) is 39.2 Å². The van der Waals surface area contributed by atoms with Crippen LogP contribution in [0.4, 0.5) is 0 Å². The van der Waals surface area contributed by atoms with Crippen LogP contribution in [0.3, 0.4) is 0 Å². The van der Waals surface area contributed by atoms with E-state index in [4.69, 9.17) is 9.47 Å². The van der Waals surface area contributed by atoms with Gasteiger partial charge in [-0.2, -0.15) is 0 Å². The summed E-state index contributed by atoms with van der Waals surface area (Å²) in [5.41, 5.74) is 2.62. The van der Waals surface area contributed by atoms with E-state index in [0.29, 0.717) is 5.92 Å². The highest BCUT2D eigenvalue weighted by Crippen LogP contribution is 2.31. The molecule has 1 aliphatic rings. The van der Waals surface area contributed by atoms with Crippen molar-refractivity contribution >= 4 is 0 Å². The van der Waals surface area contributed by atoms with E-state index >= 15 is 0 Å². The molecular weight excluding hydrogens is 262 g/mol. The summed E-state index contributed by atoms with van der Waals surface area (Å²) in [7, 11) is 0. The Balaban J connectivity index is 1.96. The largest absolute Gasteiger partial charge is 0.382 e. The molecule has 1 aromatic carbocycles. The number of rotatable bonds is 8. The van der Waals surface area contributed by atoms with Crippen LogP contribution >= 0.6 is 0 Å². The second-order valence-corrected chi connectivity index (χ2v) is 5.86. The molecule has 2 atom stereocenters. The van der Waals surface area contributed by atoms with E-state index in [1.807, 2.05) is 6.92 Å². The first-order valence-electron chi connectivity index (χ1n) is 8.28. The standard InChI is InChI=1S/C18H29NO2/c1-3-20-11-6-12-21-18(17-9-5-10-19-14-17)16-8-4-7-15(2)13-16/h4,7-8,13,17-19H,3,5-6,9-12,14H2,1-2H3/t17-,18+/m1/s1. The Morgan fingerprint density at radius 3 is 2.95 bits per heavy atom. The molecule has 3 heteroatoms. The van der Waals surface area contributed by atoms with Crippen LogP contribution in [-0.2, 0) is 9.47 Å². The zero-order valence-electron chi connectivity index (χ0n) is 13.4. The molecule has 0 unspecified atom stereocenters. The smallest absolute Gasteiger partial charge is 0.0865 e. The molecule has 0 bridgehead atoms. The van der Waals surface area contributed by atoms with Crippen molar-refractivity contribution in [3.8, 4) is 0 Å². The van der Waals surface area contributed by atoms with Gasteiger partial charge in [0, 0.05) is 32.3 Å². The maximum absolute atomic E-state index is 6.25. The summed E-state index contributed by atoms with van der Waals surface area (Å²) in [6, 6.07) is 8.75. The summed E-state index contributed by atoms with van der Waals surface area (Å²) in [6.45, 7) is 8.73. The fraction of sp³-hybridized carbons (Fsp3) is 0.667. The molecule has 1 aliphatic heterocycles. The van der Waals surface area contributed by atoms with Crippen LogP contribution < -0.4 is 5.32 Å². The highest BCUT2D eigenvalue weighted by molar-refractivity contribution is 5.25. The number of benzene rings is 1. The van der Waals surface area contributed by atoms with Gasteiger partial charge >= 0.3 is 0 Å². The van der Waals surface area contributed by atoms with Crippen molar-refractivity contribution in [1.82, 2.24) is 5.32 Å². The molecule has 0 aliphatic carbocycles. The average Bonchev–Trinajstić information content (AvgIpc) is 2.52. The number of ether oxygens (including phenoxy) is 2. The second kappa shape index (κ2) is 9.19. The Morgan fingerprint density at radius 2 is 2.24 bits per heavy atom. The third-order valence-corrected chi connectivity index (χ3v) is 4.07. The number of piperidine rings is 1. The molecule has 1 aromatic rings. The molecule has 118 valence electrons. The molecule has 1 fully saturated rings. The van der Waals surface area contributed by atoms with E-state index in [1.54, 1.807) is 0 Å². The van der Waals surface area contributed by atoms with Gasteiger partial charge in [-0.1, -0.05) is 29.8 Å². The van der Waals surface area contributed by atoms with Crippen LogP contribution in [0.2, 0.25) is 0 Å². The van der Waals surface area contributed by atoms with E-state index in [2.05, 4.69) is 36.5 Å². The van der Waals surface area contributed by atoms with Crippen molar-refractivity contribution < 1.29 is 9.47 Å². The monoisotopic (exact) mass is 291 g/mol. The van der Waals surface area contributed by atoms with E-state index in [0.717, 1.165) is 39.3 Å². The molecule has 1 saturated heterocycles. The van der Waals surface area contributed by atoms with Gasteiger partial charge in [0.1, 0.15) is 0 Å². The summed E-state index contributed by atoms with van der Waals surface area (Å²) >= 11 is 0. The molecule has 21 heavy (non-hydrogen) atoms. The first-order chi connectivity index (χ1) is 10.3. The fourth-order valence-electron chi connectivity index (χ4n) is 3.00. The Hall–Kier alpha value is -0.900. The van der Waals surface area contributed by atoms with Gasteiger partial charge in [-0.25, -0.2) is 0 Å². The minimum absolute atomic E-state index is 0.208. The van der Waals surface area contributed by atoms with E-state index < -0.39 is 0 Å². The first-order valence-corrected chi connectivity index (χ1v) is 8.28. The highest BCUT2D eigenvalue weighted by Gasteiger charge is 2.25. The minimum atomic E-state index is 0.208. The molecule has 0 radical (unpaired) electrons.